The highest BCUT2D eigenvalue weighted by molar-refractivity contribution is 5.68. The summed E-state index contributed by atoms with van der Waals surface area (Å²) in [6.45, 7) is 12.4. The van der Waals surface area contributed by atoms with E-state index < -0.39 is 0 Å². The summed E-state index contributed by atoms with van der Waals surface area (Å²) in [5.74, 6) is 0. The first-order valence-electron chi connectivity index (χ1n) is 25.3. The van der Waals surface area contributed by atoms with Crippen LogP contribution in [0, 0.1) is 41.5 Å². The molecule has 0 N–H and O–H groups in total. The Labute approximate surface area is 458 Å². The highest BCUT2D eigenvalue weighted by Gasteiger charge is 2.04. The van der Waals surface area contributed by atoms with Gasteiger partial charge in [-0.25, -0.2) is 0 Å². The zero-order chi connectivity index (χ0) is 54.6. The topological polar surface area (TPSA) is 142 Å². The minimum Gasteiger partial charge on any atom is -0.265 e. The van der Waals surface area contributed by atoms with Crippen molar-refractivity contribution in [3.8, 4) is 67.0 Å². The summed E-state index contributed by atoms with van der Waals surface area (Å²) in [6, 6.07) is 46.1. The van der Waals surface area contributed by atoms with Crippen LogP contribution in [0.2, 0.25) is 0 Å². The van der Waals surface area contributed by atoms with Gasteiger partial charge >= 0.3 is 0 Å². The van der Waals surface area contributed by atoms with Crippen molar-refractivity contribution in [3.63, 3.8) is 0 Å². The van der Waals surface area contributed by atoms with E-state index in [1.165, 1.54) is 55.6 Å². The highest BCUT2D eigenvalue weighted by Crippen LogP contribution is 2.25. The Morgan fingerprint density at radius 3 is 0.974 bits per heavy atom. The summed E-state index contributed by atoms with van der Waals surface area (Å²) in [5.41, 5.74) is 20.9. The molecule has 0 fully saturated rings. The van der Waals surface area contributed by atoms with Crippen molar-refractivity contribution in [2.75, 3.05) is 0 Å². The van der Waals surface area contributed by atoms with Gasteiger partial charge in [-0.3, -0.25) is 54.8 Å². The molecule has 0 aliphatic heterocycles. The second kappa shape index (κ2) is 30.3. The molecule has 384 valence electrons. The Balaban J connectivity index is 0.000000136. The average Bonchev–Trinajstić information content (AvgIpc) is 3.50. The van der Waals surface area contributed by atoms with Crippen LogP contribution >= 0.6 is 0 Å². The average molecular weight is 1020 g/mol. The molecular formula is C67H61N11. The third kappa shape index (κ3) is 17.0. The van der Waals surface area contributed by atoms with Crippen LogP contribution in [0.1, 0.15) is 33.4 Å². The monoisotopic (exact) mass is 1020 g/mol. The quantitative estimate of drug-likeness (QED) is 0.157. The van der Waals surface area contributed by atoms with Crippen LogP contribution in [0.5, 0.6) is 0 Å². The Morgan fingerprint density at radius 2 is 0.538 bits per heavy atom. The second-order valence-corrected chi connectivity index (χ2v) is 17.7. The molecule has 0 saturated carbocycles. The summed E-state index contributed by atoms with van der Waals surface area (Å²) >= 11 is 0. The molecule has 0 spiro atoms. The number of aryl methyl sites for hydroxylation is 6. The number of hydrogen-bond donors (Lipinski definition) is 0. The summed E-state index contributed by atoms with van der Waals surface area (Å²) in [7, 11) is 0. The number of pyridine rings is 11. The van der Waals surface area contributed by atoms with Crippen LogP contribution in [-0.4, -0.2) is 54.8 Å². The van der Waals surface area contributed by atoms with Crippen molar-refractivity contribution in [2.24, 2.45) is 0 Å². The minimum absolute atomic E-state index is 0.980. The van der Waals surface area contributed by atoms with Crippen LogP contribution in [-0.2, 0) is 0 Å². The number of hydrogen-bond acceptors (Lipinski definition) is 11. The van der Waals surface area contributed by atoms with E-state index in [0.717, 1.165) is 44.8 Å². The van der Waals surface area contributed by atoms with Crippen molar-refractivity contribution in [3.05, 3.63) is 297 Å². The van der Waals surface area contributed by atoms with Crippen LogP contribution in [0.15, 0.2) is 263 Å². The standard InChI is InChI=1S/C12H11N.5C11H10N2/c1-10-9-13-8-7-12(10)11-5-3-2-4-6-11;1-9-2-5-13-8-11(9)10-3-6-12-7-4-10;1-9-7-13-6-4-11(9)10-3-2-5-12-8-10;1-9-4-6-13-8-11(9)10-3-2-5-12-7-10;1-9-8-12-7-5-10(9)11-4-2-3-6-13-11;1-9-5-7-12-8-10(9)11-4-2-3-6-13-11/h2-9H,1H3;5*2-8H,1H3. The van der Waals surface area contributed by atoms with Gasteiger partial charge in [0, 0.05) is 157 Å². The van der Waals surface area contributed by atoms with Gasteiger partial charge in [0.15, 0.2) is 0 Å². The predicted molar refractivity (Wildman–Crippen MR) is 315 cm³/mol. The zero-order valence-corrected chi connectivity index (χ0v) is 44.7. The molecule has 0 atom stereocenters. The molecule has 0 bridgehead atoms. The van der Waals surface area contributed by atoms with Crippen LogP contribution < -0.4 is 0 Å². The minimum atomic E-state index is 0.980. The largest absolute Gasteiger partial charge is 0.265 e. The van der Waals surface area contributed by atoms with Gasteiger partial charge in [0.2, 0.25) is 0 Å². The van der Waals surface area contributed by atoms with Crippen LogP contribution in [0.3, 0.4) is 0 Å². The van der Waals surface area contributed by atoms with E-state index in [1.54, 1.807) is 68.2 Å². The molecule has 11 nitrogen and oxygen atoms in total. The molecule has 12 rings (SSSR count). The molecule has 11 aromatic heterocycles. The number of rotatable bonds is 6. The van der Waals surface area contributed by atoms with Crippen molar-refractivity contribution >= 4 is 0 Å². The Hall–Kier alpha value is -10.1. The molecule has 78 heavy (non-hydrogen) atoms. The Kier molecular flexibility index (Phi) is 21.6. The lowest BCUT2D eigenvalue weighted by Gasteiger charge is -2.03. The van der Waals surface area contributed by atoms with Gasteiger partial charge in [-0.15, -0.1) is 0 Å². The highest BCUT2D eigenvalue weighted by atomic mass is 14.7. The molecular weight excluding hydrogens is 959 g/mol. The molecule has 12 aromatic rings. The summed E-state index contributed by atoms with van der Waals surface area (Å²) in [5, 5.41) is 0. The first-order valence-corrected chi connectivity index (χ1v) is 25.3. The molecule has 0 aliphatic rings. The maximum atomic E-state index is 4.28. The number of benzene rings is 1. The van der Waals surface area contributed by atoms with Gasteiger partial charge in [-0.2, -0.15) is 0 Å². The normalized spacial score (nSPS) is 9.92. The fourth-order valence-corrected chi connectivity index (χ4v) is 7.86. The SMILES string of the molecule is Cc1ccncc1-c1ccccn1.Cc1ccncc1-c1cccnc1.Cc1ccncc1-c1ccncc1.Cc1cnccc1-c1ccccc1.Cc1cnccc1-c1ccccn1.Cc1cnccc1-c1cccnc1. The van der Waals surface area contributed by atoms with Gasteiger partial charge in [-0.05, 0) is 182 Å². The van der Waals surface area contributed by atoms with E-state index in [2.05, 4.69) is 120 Å². The van der Waals surface area contributed by atoms with E-state index in [9.17, 15) is 0 Å². The Morgan fingerprint density at radius 1 is 0.192 bits per heavy atom. The number of aromatic nitrogens is 11. The van der Waals surface area contributed by atoms with Crippen LogP contribution in [0.4, 0.5) is 0 Å². The molecule has 0 unspecified atom stereocenters. The lowest BCUT2D eigenvalue weighted by molar-refractivity contribution is 1.24. The fourth-order valence-electron chi connectivity index (χ4n) is 7.86. The predicted octanol–water partition coefficient (Wildman–Crippen LogP) is 15.3. The first-order chi connectivity index (χ1) is 38.3. The second-order valence-electron chi connectivity index (χ2n) is 17.7. The Bertz CT molecular complexity index is 3000. The first kappa shape index (κ1) is 55.6. The van der Waals surface area contributed by atoms with Gasteiger partial charge in [0.1, 0.15) is 0 Å². The molecule has 0 radical (unpaired) electrons. The molecule has 11 heterocycles. The summed E-state index contributed by atoms with van der Waals surface area (Å²) < 4.78 is 0. The van der Waals surface area contributed by atoms with Gasteiger partial charge in [-0.1, -0.05) is 54.6 Å². The van der Waals surface area contributed by atoms with Gasteiger partial charge in [0.25, 0.3) is 0 Å². The van der Waals surface area contributed by atoms with E-state index in [-0.39, 0.29) is 0 Å². The molecule has 0 saturated heterocycles. The molecule has 0 aliphatic carbocycles. The third-order valence-electron chi connectivity index (χ3n) is 12.1. The van der Waals surface area contributed by atoms with Crippen LogP contribution in [0.25, 0.3) is 67.0 Å². The van der Waals surface area contributed by atoms with E-state index >= 15 is 0 Å². The van der Waals surface area contributed by atoms with E-state index in [1.807, 2.05) is 172 Å². The molecule has 11 heteroatoms. The smallest absolute Gasteiger partial charge is 0.0720 e. The lowest BCUT2D eigenvalue weighted by atomic mass is 10.0. The maximum Gasteiger partial charge on any atom is 0.0720 e. The summed E-state index contributed by atoms with van der Waals surface area (Å²) in [6.07, 6.45) is 36.5. The summed E-state index contributed by atoms with van der Waals surface area (Å²) in [4.78, 5) is 45.1. The maximum absolute atomic E-state index is 4.28. The fraction of sp³-hybridized carbons (Fsp3) is 0.0896. The van der Waals surface area contributed by atoms with Gasteiger partial charge < -0.3 is 0 Å². The number of nitrogens with zero attached hydrogens (tertiary/aromatic N) is 11. The van der Waals surface area contributed by atoms with Crippen molar-refractivity contribution in [2.45, 2.75) is 41.5 Å². The lowest BCUT2D eigenvalue weighted by Crippen LogP contribution is -1.86. The third-order valence-corrected chi connectivity index (χ3v) is 12.1. The van der Waals surface area contributed by atoms with E-state index in [4.69, 9.17) is 0 Å². The molecule has 0 amide bonds. The molecule has 1 aromatic carbocycles. The van der Waals surface area contributed by atoms with Crippen molar-refractivity contribution < 1.29 is 0 Å². The zero-order valence-electron chi connectivity index (χ0n) is 44.7. The van der Waals surface area contributed by atoms with Crippen molar-refractivity contribution in [1.82, 2.24) is 54.8 Å². The van der Waals surface area contributed by atoms with Gasteiger partial charge in [0.05, 0.1) is 11.4 Å². The van der Waals surface area contributed by atoms with E-state index in [0.29, 0.717) is 0 Å². The van der Waals surface area contributed by atoms with Crippen molar-refractivity contribution in [1.29, 1.82) is 0 Å².